The summed E-state index contributed by atoms with van der Waals surface area (Å²) in [6.45, 7) is 0.878. The number of amides is 2. The fourth-order valence-electron chi connectivity index (χ4n) is 3.07. The van der Waals surface area contributed by atoms with Crippen molar-refractivity contribution in [1.29, 1.82) is 5.26 Å². The molecule has 7 heteroatoms. The number of hydrogen-bond acceptors (Lipinski definition) is 5. The van der Waals surface area contributed by atoms with E-state index in [9.17, 15) is 14.7 Å². The maximum atomic E-state index is 12.4. The molecule has 2 aromatic rings. The van der Waals surface area contributed by atoms with Crippen LogP contribution in [0.4, 0.5) is 5.69 Å². The number of nitrogens with one attached hydrogen (secondary N) is 1. The van der Waals surface area contributed by atoms with E-state index in [-0.39, 0.29) is 30.1 Å². The maximum Gasteiger partial charge on any atom is 0.260 e. The Hall–Kier alpha value is -3.53. The summed E-state index contributed by atoms with van der Waals surface area (Å²) in [5.41, 5.74) is 0.921. The molecule has 0 saturated carbocycles. The van der Waals surface area contributed by atoms with Crippen LogP contribution in [-0.2, 0) is 9.59 Å². The third-order valence-corrected chi connectivity index (χ3v) is 4.73. The zero-order valence-electron chi connectivity index (χ0n) is 15.3. The predicted molar refractivity (Wildman–Crippen MR) is 103 cm³/mol. The summed E-state index contributed by atoms with van der Waals surface area (Å²) in [5, 5.41) is 21.3. The van der Waals surface area contributed by atoms with Crippen LogP contribution in [0.2, 0.25) is 0 Å². The molecule has 0 unspecified atom stereocenters. The molecule has 2 amide bonds. The number of benzene rings is 2. The molecule has 7 nitrogen and oxygen atoms in total. The molecular formula is C21H21N3O4. The monoisotopic (exact) mass is 379 g/mol. The number of aromatic hydroxyl groups is 1. The summed E-state index contributed by atoms with van der Waals surface area (Å²) in [6, 6.07) is 15.2. The van der Waals surface area contributed by atoms with Crippen LogP contribution >= 0.6 is 0 Å². The van der Waals surface area contributed by atoms with E-state index >= 15 is 0 Å². The number of ether oxygens (including phenoxy) is 1. The number of carbonyl (C=O) groups is 2. The standard InChI is InChI=1S/C21H21N3O4/c22-13-15-5-7-17(8-6-15)28-14-20(26)24-11-9-16(10-12-24)21(27)23-18-3-1-2-4-19(18)25/h1-8,16,25H,9-12,14H2,(H,23,27). The first-order valence-electron chi connectivity index (χ1n) is 9.06. The second kappa shape index (κ2) is 8.91. The zero-order valence-corrected chi connectivity index (χ0v) is 15.3. The highest BCUT2D eigenvalue weighted by Crippen LogP contribution is 2.25. The predicted octanol–water partition coefficient (Wildman–Crippen LogP) is 2.52. The van der Waals surface area contributed by atoms with E-state index in [2.05, 4.69) is 5.32 Å². The second-order valence-electron chi connectivity index (χ2n) is 6.59. The van der Waals surface area contributed by atoms with Crippen LogP contribution in [0.3, 0.4) is 0 Å². The van der Waals surface area contributed by atoms with Gasteiger partial charge in [0.05, 0.1) is 17.3 Å². The van der Waals surface area contributed by atoms with Gasteiger partial charge in [0, 0.05) is 19.0 Å². The van der Waals surface area contributed by atoms with Gasteiger partial charge in [0.25, 0.3) is 5.91 Å². The lowest BCUT2D eigenvalue weighted by Gasteiger charge is -2.31. The average molecular weight is 379 g/mol. The highest BCUT2D eigenvalue weighted by molar-refractivity contribution is 5.94. The third kappa shape index (κ3) is 4.80. The number of para-hydroxylation sites is 2. The van der Waals surface area contributed by atoms with Gasteiger partial charge in [-0.15, -0.1) is 0 Å². The topological polar surface area (TPSA) is 103 Å². The summed E-state index contributed by atoms with van der Waals surface area (Å²) >= 11 is 0. The van der Waals surface area contributed by atoms with Gasteiger partial charge in [-0.25, -0.2) is 0 Å². The van der Waals surface area contributed by atoms with Crippen LogP contribution in [0.1, 0.15) is 18.4 Å². The first-order chi connectivity index (χ1) is 13.6. The fourth-order valence-corrected chi connectivity index (χ4v) is 3.07. The van der Waals surface area contributed by atoms with Gasteiger partial charge < -0.3 is 20.1 Å². The Morgan fingerprint density at radius 2 is 1.82 bits per heavy atom. The number of likely N-dealkylation sites (tertiary alicyclic amines) is 1. The van der Waals surface area contributed by atoms with Gasteiger partial charge in [0.1, 0.15) is 11.5 Å². The van der Waals surface area contributed by atoms with Crippen molar-refractivity contribution in [2.45, 2.75) is 12.8 Å². The van der Waals surface area contributed by atoms with Crippen LogP contribution in [0.25, 0.3) is 0 Å². The largest absolute Gasteiger partial charge is 0.506 e. The molecule has 1 aliphatic heterocycles. The maximum absolute atomic E-state index is 12.4. The van der Waals surface area contributed by atoms with Crippen molar-refractivity contribution < 1.29 is 19.4 Å². The first-order valence-corrected chi connectivity index (χ1v) is 9.06. The van der Waals surface area contributed by atoms with E-state index in [4.69, 9.17) is 10.00 Å². The molecule has 144 valence electrons. The lowest BCUT2D eigenvalue weighted by atomic mass is 9.95. The highest BCUT2D eigenvalue weighted by atomic mass is 16.5. The summed E-state index contributed by atoms with van der Waals surface area (Å²) in [7, 11) is 0. The number of nitriles is 1. The Morgan fingerprint density at radius 1 is 1.14 bits per heavy atom. The number of phenols is 1. The van der Waals surface area contributed by atoms with Gasteiger partial charge in [0.15, 0.2) is 6.61 Å². The number of nitrogens with zero attached hydrogens (tertiary/aromatic N) is 2. The molecule has 0 bridgehead atoms. The SMILES string of the molecule is N#Cc1ccc(OCC(=O)N2CCC(C(=O)Nc3ccccc3O)CC2)cc1. The van der Waals surface area contributed by atoms with Gasteiger partial charge in [-0.3, -0.25) is 9.59 Å². The van der Waals surface area contributed by atoms with E-state index in [1.165, 1.54) is 6.07 Å². The minimum Gasteiger partial charge on any atom is -0.506 e. The van der Waals surface area contributed by atoms with E-state index < -0.39 is 0 Å². The number of phenolic OH excluding ortho intramolecular Hbond substituents is 1. The summed E-state index contributed by atoms with van der Waals surface area (Å²) in [5.74, 6) is 0.0714. The van der Waals surface area contributed by atoms with Crippen LogP contribution in [-0.4, -0.2) is 41.5 Å². The molecule has 0 atom stereocenters. The first kappa shape index (κ1) is 19.2. The molecule has 1 saturated heterocycles. The van der Waals surface area contributed by atoms with E-state index in [1.54, 1.807) is 47.4 Å². The van der Waals surface area contributed by atoms with Gasteiger partial charge in [-0.1, -0.05) is 12.1 Å². The molecule has 0 aliphatic carbocycles. The molecule has 1 aliphatic rings. The van der Waals surface area contributed by atoms with Gasteiger partial charge >= 0.3 is 0 Å². The molecule has 3 rings (SSSR count). The van der Waals surface area contributed by atoms with Crippen LogP contribution in [0.15, 0.2) is 48.5 Å². The Morgan fingerprint density at radius 3 is 2.46 bits per heavy atom. The number of piperidine rings is 1. The van der Waals surface area contributed by atoms with Crippen molar-refractivity contribution in [3.05, 3.63) is 54.1 Å². The molecule has 1 fully saturated rings. The molecule has 0 radical (unpaired) electrons. The summed E-state index contributed by atoms with van der Waals surface area (Å²) < 4.78 is 5.48. The number of rotatable bonds is 5. The molecule has 0 aromatic heterocycles. The van der Waals surface area contributed by atoms with Crippen molar-refractivity contribution >= 4 is 17.5 Å². The van der Waals surface area contributed by atoms with E-state index in [1.807, 2.05) is 6.07 Å². The second-order valence-corrected chi connectivity index (χ2v) is 6.59. The van der Waals surface area contributed by atoms with Gasteiger partial charge in [-0.2, -0.15) is 5.26 Å². The van der Waals surface area contributed by atoms with Gasteiger partial charge in [-0.05, 0) is 49.2 Å². The van der Waals surface area contributed by atoms with Crippen molar-refractivity contribution in [3.8, 4) is 17.6 Å². The number of anilines is 1. The molecule has 1 heterocycles. The van der Waals surface area contributed by atoms with Crippen molar-refractivity contribution in [3.63, 3.8) is 0 Å². The average Bonchev–Trinajstić information content (AvgIpc) is 2.74. The lowest BCUT2D eigenvalue weighted by Crippen LogP contribution is -2.43. The minimum absolute atomic E-state index is 0.0309. The fraction of sp³-hybridized carbons (Fsp3) is 0.286. The van der Waals surface area contributed by atoms with Crippen LogP contribution in [0, 0.1) is 17.2 Å². The molecular weight excluding hydrogens is 358 g/mol. The molecule has 28 heavy (non-hydrogen) atoms. The smallest absolute Gasteiger partial charge is 0.260 e. The van der Waals surface area contributed by atoms with E-state index in [0.29, 0.717) is 42.9 Å². The quantitative estimate of drug-likeness (QED) is 0.777. The van der Waals surface area contributed by atoms with Crippen molar-refractivity contribution in [2.24, 2.45) is 5.92 Å². The molecule has 2 N–H and O–H groups in total. The highest BCUT2D eigenvalue weighted by Gasteiger charge is 2.27. The van der Waals surface area contributed by atoms with Crippen molar-refractivity contribution in [2.75, 3.05) is 25.0 Å². The van der Waals surface area contributed by atoms with Crippen LogP contribution in [0.5, 0.6) is 11.5 Å². The number of hydrogen-bond donors (Lipinski definition) is 2. The zero-order chi connectivity index (χ0) is 19.9. The Kier molecular flexibility index (Phi) is 6.12. The third-order valence-electron chi connectivity index (χ3n) is 4.73. The lowest BCUT2D eigenvalue weighted by molar-refractivity contribution is -0.136. The Labute approximate surface area is 163 Å². The van der Waals surface area contributed by atoms with Gasteiger partial charge in [0.2, 0.25) is 5.91 Å². The Bertz CT molecular complexity index is 881. The van der Waals surface area contributed by atoms with Crippen LogP contribution < -0.4 is 10.1 Å². The normalized spacial score (nSPS) is 14.2. The molecule has 0 spiro atoms. The van der Waals surface area contributed by atoms with E-state index in [0.717, 1.165) is 0 Å². The Balaban J connectivity index is 1.45. The number of carbonyl (C=O) groups excluding carboxylic acids is 2. The summed E-state index contributed by atoms with van der Waals surface area (Å²) in [4.78, 5) is 26.4. The molecule has 2 aromatic carbocycles. The summed E-state index contributed by atoms with van der Waals surface area (Å²) in [6.07, 6.45) is 1.12. The minimum atomic E-state index is -0.205. The van der Waals surface area contributed by atoms with Crippen molar-refractivity contribution in [1.82, 2.24) is 4.90 Å².